The van der Waals surface area contributed by atoms with Crippen LogP contribution in [0.25, 0.3) is 0 Å². The van der Waals surface area contributed by atoms with Crippen molar-refractivity contribution in [3.63, 3.8) is 0 Å². The van der Waals surface area contributed by atoms with E-state index >= 15 is 0 Å². The normalized spacial score (nSPS) is 11.3. The van der Waals surface area contributed by atoms with Gasteiger partial charge in [0.15, 0.2) is 0 Å². The van der Waals surface area contributed by atoms with Gasteiger partial charge in [-0.05, 0) is 40.8 Å². The van der Waals surface area contributed by atoms with Crippen molar-refractivity contribution >= 4 is 40.1 Å². The third kappa shape index (κ3) is 4.57. The summed E-state index contributed by atoms with van der Waals surface area (Å²) in [5.41, 5.74) is -0.311. The third-order valence-electron chi connectivity index (χ3n) is 3.03. The number of aromatic nitrogens is 1. The molecule has 0 fully saturated rings. The van der Waals surface area contributed by atoms with E-state index in [0.717, 1.165) is 15.8 Å². The van der Waals surface area contributed by atoms with Crippen LogP contribution in [-0.2, 0) is 12.6 Å². The van der Waals surface area contributed by atoms with E-state index in [1.54, 1.807) is 18.2 Å². The number of halogens is 5. The van der Waals surface area contributed by atoms with Gasteiger partial charge in [-0.1, -0.05) is 23.7 Å². The Hall–Kier alpha value is -1.35. The number of nitrogens with zero attached hydrogens (tertiary/aromatic N) is 1. The summed E-state index contributed by atoms with van der Waals surface area (Å²) in [7, 11) is 0. The molecule has 0 radical (unpaired) electrons. The highest BCUT2D eigenvalue weighted by atomic mass is 127. The molecule has 0 aliphatic heterocycles. The fourth-order valence-corrected chi connectivity index (χ4v) is 2.86. The van der Waals surface area contributed by atoms with Crippen LogP contribution in [0, 0.1) is 3.57 Å². The maximum absolute atomic E-state index is 12.8. The molecule has 23 heavy (non-hydrogen) atoms. The Labute approximate surface area is 149 Å². The monoisotopic (exact) mass is 454 g/mol. The van der Waals surface area contributed by atoms with Crippen LogP contribution in [-0.4, -0.2) is 17.4 Å². The molecule has 1 aromatic heterocycles. The van der Waals surface area contributed by atoms with Crippen molar-refractivity contribution in [2.45, 2.75) is 12.6 Å². The van der Waals surface area contributed by atoms with Crippen molar-refractivity contribution in [3.8, 4) is 0 Å². The molecular weight excluding hydrogens is 444 g/mol. The molecule has 3 nitrogen and oxygen atoms in total. The molecule has 122 valence electrons. The molecule has 2 rings (SSSR count). The van der Waals surface area contributed by atoms with Crippen LogP contribution in [0.3, 0.4) is 0 Å². The highest BCUT2D eigenvalue weighted by molar-refractivity contribution is 14.1. The van der Waals surface area contributed by atoms with Gasteiger partial charge in [-0.15, -0.1) is 0 Å². The summed E-state index contributed by atoms with van der Waals surface area (Å²) in [5.74, 6) is -0.293. The highest BCUT2D eigenvalue weighted by Gasteiger charge is 2.34. The first-order chi connectivity index (χ1) is 10.8. The first-order valence-corrected chi connectivity index (χ1v) is 7.99. The lowest BCUT2D eigenvalue weighted by molar-refractivity contribution is -0.137. The Morgan fingerprint density at radius 2 is 1.96 bits per heavy atom. The van der Waals surface area contributed by atoms with E-state index in [2.05, 4.69) is 10.3 Å². The fourth-order valence-electron chi connectivity index (χ4n) is 1.92. The minimum Gasteiger partial charge on any atom is -0.352 e. The molecule has 1 heterocycles. The summed E-state index contributed by atoms with van der Waals surface area (Å²) in [4.78, 5) is 15.9. The van der Waals surface area contributed by atoms with Crippen molar-refractivity contribution in [3.05, 3.63) is 61.9 Å². The lowest BCUT2D eigenvalue weighted by atomic mass is 10.1. The topological polar surface area (TPSA) is 42.0 Å². The van der Waals surface area contributed by atoms with Crippen molar-refractivity contribution < 1.29 is 18.0 Å². The number of hydrogen-bond acceptors (Lipinski definition) is 2. The maximum Gasteiger partial charge on any atom is 0.417 e. The zero-order chi connectivity index (χ0) is 17.0. The summed E-state index contributed by atoms with van der Waals surface area (Å²) in [6, 6.07) is 7.84. The molecule has 0 unspecified atom stereocenters. The summed E-state index contributed by atoms with van der Waals surface area (Å²) in [5, 5.41) is 2.22. The van der Waals surface area contributed by atoms with Gasteiger partial charge in [0.2, 0.25) is 0 Å². The number of alkyl halides is 3. The van der Waals surface area contributed by atoms with Gasteiger partial charge < -0.3 is 5.32 Å². The van der Waals surface area contributed by atoms with Crippen molar-refractivity contribution in [2.24, 2.45) is 0 Å². The zero-order valence-electron chi connectivity index (χ0n) is 11.6. The van der Waals surface area contributed by atoms with Gasteiger partial charge >= 0.3 is 6.18 Å². The van der Waals surface area contributed by atoms with Crippen LogP contribution in [0.4, 0.5) is 13.2 Å². The predicted molar refractivity (Wildman–Crippen MR) is 89.4 cm³/mol. The van der Waals surface area contributed by atoms with Crippen LogP contribution < -0.4 is 5.32 Å². The quantitative estimate of drug-likeness (QED) is 0.699. The molecule has 8 heteroatoms. The Morgan fingerprint density at radius 1 is 1.26 bits per heavy atom. The molecule has 0 saturated carbocycles. The molecule has 2 aromatic rings. The van der Waals surface area contributed by atoms with Gasteiger partial charge in [-0.3, -0.25) is 9.78 Å². The number of carbonyl (C=O) groups is 1. The van der Waals surface area contributed by atoms with Gasteiger partial charge in [0.05, 0.1) is 21.8 Å². The van der Waals surface area contributed by atoms with Crippen molar-refractivity contribution in [2.75, 3.05) is 6.54 Å². The molecule has 0 saturated heterocycles. The minimum atomic E-state index is -4.53. The molecule has 0 aliphatic carbocycles. The Kier molecular flexibility index (Phi) is 5.85. The average Bonchev–Trinajstić information content (AvgIpc) is 2.48. The molecule has 0 aliphatic rings. The SMILES string of the molecule is O=C(NCCc1nccc(C(F)(F)F)c1Cl)c1ccccc1I. The summed E-state index contributed by atoms with van der Waals surface area (Å²) in [6.07, 6.45) is -3.36. The Balaban J connectivity index is 2.02. The van der Waals surface area contributed by atoms with Gasteiger partial charge in [-0.25, -0.2) is 0 Å². The number of carbonyl (C=O) groups excluding carboxylic acids is 1. The van der Waals surface area contributed by atoms with Crippen LogP contribution >= 0.6 is 34.2 Å². The predicted octanol–water partition coefficient (Wildman–Crippen LogP) is 4.33. The second-order valence-electron chi connectivity index (χ2n) is 4.60. The van der Waals surface area contributed by atoms with Gasteiger partial charge in [0.1, 0.15) is 0 Å². The molecule has 1 aromatic carbocycles. The van der Waals surface area contributed by atoms with Gasteiger partial charge in [-0.2, -0.15) is 13.2 Å². The Bertz CT molecular complexity index is 722. The van der Waals surface area contributed by atoms with E-state index in [1.807, 2.05) is 28.7 Å². The van der Waals surface area contributed by atoms with Crippen LogP contribution in [0.2, 0.25) is 5.02 Å². The Morgan fingerprint density at radius 3 is 2.61 bits per heavy atom. The van der Waals surface area contributed by atoms with E-state index < -0.39 is 16.8 Å². The molecule has 1 N–H and O–H groups in total. The molecule has 0 spiro atoms. The summed E-state index contributed by atoms with van der Waals surface area (Å²) in [6.45, 7) is 0.137. The van der Waals surface area contributed by atoms with Gasteiger partial charge in [0.25, 0.3) is 5.91 Å². The molecular formula is C15H11ClF3IN2O. The average molecular weight is 455 g/mol. The largest absolute Gasteiger partial charge is 0.417 e. The van der Waals surface area contributed by atoms with E-state index in [4.69, 9.17) is 11.6 Å². The third-order valence-corrected chi connectivity index (χ3v) is 4.40. The second kappa shape index (κ2) is 7.48. The minimum absolute atomic E-state index is 0.101. The lowest BCUT2D eigenvalue weighted by Gasteiger charge is -2.12. The van der Waals surface area contributed by atoms with Crippen LogP contribution in [0.15, 0.2) is 36.5 Å². The maximum atomic E-state index is 12.8. The molecule has 1 amide bonds. The fraction of sp³-hybridized carbons (Fsp3) is 0.200. The lowest BCUT2D eigenvalue weighted by Crippen LogP contribution is -2.26. The standard InChI is InChI=1S/C15H11ClF3IN2O/c16-13-10(15(17,18)19)5-7-21-12(13)6-8-22-14(23)9-3-1-2-4-11(9)20/h1-5,7H,6,8H2,(H,22,23). The number of nitrogens with one attached hydrogen (secondary N) is 1. The van der Waals surface area contributed by atoms with Crippen molar-refractivity contribution in [1.82, 2.24) is 10.3 Å². The smallest absolute Gasteiger partial charge is 0.352 e. The van der Waals surface area contributed by atoms with Crippen LogP contribution in [0.1, 0.15) is 21.6 Å². The number of amides is 1. The van der Waals surface area contributed by atoms with Crippen molar-refractivity contribution in [1.29, 1.82) is 0 Å². The number of rotatable bonds is 4. The van der Waals surface area contributed by atoms with Gasteiger partial charge in [0, 0.05) is 22.7 Å². The number of benzene rings is 1. The zero-order valence-corrected chi connectivity index (χ0v) is 14.5. The summed E-state index contributed by atoms with van der Waals surface area (Å²) < 4.78 is 39.1. The molecule has 0 bridgehead atoms. The highest BCUT2D eigenvalue weighted by Crippen LogP contribution is 2.35. The first-order valence-electron chi connectivity index (χ1n) is 6.54. The van der Waals surface area contributed by atoms with E-state index in [-0.39, 0.29) is 24.6 Å². The van der Waals surface area contributed by atoms with Crippen LogP contribution in [0.5, 0.6) is 0 Å². The second-order valence-corrected chi connectivity index (χ2v) is 6.14. The molecule has 0 atom stereocenters. The van der Waals surface area contributed by atoms with E-state index in [9.17, 15) is 18.0 Å². The summed E-state index contributed by atoms with van der Waals surface area (Å²) >= 11 is 7.79. The number of pyridine rings is 1. The van der Waals surface area contributed by atoms with E-state index in [1.165, 1.54) is 0 Å². The van der Waals surface area contributed by atoms with E-state index in [0.29, 0.717) is 5.56 Å². The number of hydrogen-bond donors (Lipinski definition) is 1. The first kappa shape index (κ1) is 18.0.